The first-order valence-corrected chi connectivity index (χ1v) is 7.98. The minimum atomic E-state index is -4.01. The number of hydrogen-bond donors (Lipinski definition) is 2. The standard InChI is InChI=1S/C12H9BrClFN2O2S/c13-7-4-5-9(16)11(6-7)20(18,19)17-10-3-1-2-8(14)12(10)15/h1-6,17H,16H2. The molecule has 0 amide bonds. The predicted octanol–water partition coefficient (Wildman–Crippen LogP) is 3.62. The van der Waals surface area contributed by atoms with Gasteiger partial charge in [0.25, 0.3) is 10.0 Å². The van der Waals surface area contributed by atoms with Crippen molar-refractivity contribution < 1.29 is 12.8 Å². The summed E-state index contributed by atoms with van der Waals surface area (Å²) in [5.41, 5.74) is 5.46. The molecule has 8 heteroatoms. The zero-order valence-electron chi connectivity index (χ0n) is 9.90. The monoisotopic (exact) mass is 378 g/mol. The molecule has 4 nitrogen and oxygen atoms in total. The molecule has 0 aliphatic heterocycles. The Balaban J connectivity index is 2.46. The fraction of sp³-hybridized carbons (Fsp3) is 0. The van der Waals surface area contributed by atoms with E-state index in [4.69, 9.17) is 17.3 Å². The van der Waals surface area contributed by atoms with Crippen LogP contribution in [0.3, 0.4) is 0 Å². The summed E-state index contributed by atoms with van der Waals surface area (Å²) < 4.78 is 40.8. The van der Waals surface area contributed by atoms with Gasteiger partial charge in [-0.3, -0.25) is 4.72 Å². The van der Waals surface area contributed by atoms with Gasteiger partial charge in [-0.25, -0.2) is 12.8 Å². The highest BCUT2D eigenvalue weighted by Gasteiger charge is 2.20. The van der Waals surface area contributed by atoms with Crippen LogP contribution in [0.5, 0.6) is 0 Å². The van der Waals surface area contributed by atoms with E-state index in [2.05, 4.69) is 20.7 Å². The van der Waals surface area contributed by atoms with Crippen molar-refractivity contribution in [3.8, 4) is 0 Å². The number of anilines is 2. The van der Waals surface area contributed by atoms with E-state index in [0.717, 1.165) is 0 Å². The lowest BCUT2D eigenvalue weighted by Gasteiger charge is -2.11. The molecule has 2 aromatic rings. The number of hydrogen-bond acceptors (Lipinski definition) is 3. The van der Waals surface area contributed by atoms with E-state index in [0.29, 0.717) is 4.47 Å². The van der Waals surface area contributed by atoms with Gasteiger partial charge < -0.3 is 5.73 Å². The van der Waals surface area contributed by atoms with Crippen LogP contribution in [0.4, 0.5) is 15.8 Å². The molecule has 0 fully saturated rings. The van der Waals surface area contributed by atoms with Crippen molar-refractivity contribution in [2.45, 2.75) is 4.90 Å². The van der Waals surface area contributed by atoms with Gasteiger partial charge in [0, 0.05) is 4.47 Å². The van der Waals surface area contributed by atoms with Gasteiger partial charge in [-0.2, -0.15) is 0 Å². The molecular weight excluding hydrogens is 371 g/mol. The fourth-order valence-corrected chi connectivity index (χ4v) is 3.43. The summed E-state index contributed by atoms with van der Waals surface area (Å²) in [6.45, 7) is 0. The molecule has 0 aliphatic carbocycles. The average Bonchev–Trinajstić information content (AvgIpc) is 2.37. The van der Waals surface area contributed by atoms with E-state index in [9.17, 15) is 12.8 Å². The van der Waals surface area contributed by atoms with E-state index >= 15 is 0 Å². The first-order chi connectivity index (χ1) is 9.31. The smallest absolute Gasteiger partial charge is 0.264 e. The van der Waals surface area contributed by atoms with E-state index in [1.165, 1.54) is 30.3 Å². The second-order valence-electron chi connectivity index (χ2n) is 3.89. The lowest BCUT2D eigenvalue weighted by Crippen LogP contribution is -2.15. The maximum Gasteiger partial charge on any atom is 0.264 e. The number of sulfonamides is 1. The quantitative estimate of drug-likeness (QED) is 0.800. The summed E-state index contributed by atoms with van der Waals surface area (Å²) in [6, 6.07) is 8.41. The lowest BCUT2D eigenvalue weighted by molar-refractivity contribution is 0.599. The first-order valence-electron chi connectivity index (χ1n) is 5.33. The molecule has 0 unspecified atom stereocenters. The largest absolute Gasteiger partial charge is 0.398 e. The number of nitrogen functional groups attached to an aromatic ring is 1. The van der Waals surface area contributed by atoms with Crippen LogP contribution < -0.4 is 10.5 Å². The highest BCUT2D eigenvalue weighted by Crippen LogP contribution is 2.28. The summed E-state index contributed by atoms with van der Waals surface area (Å²) >= 11 is 8.76. The highest BCUT2D eigenvalue weighted by molar-refractivity contribution is 9.10. The third-order valence-corrected chi connectivity index (χ3v) is 4.67. The lowest BCUT2D eigenvalue weighted by atomic mass is 10.3. The van der Waals surface area contributed by atoms with Gasteiger partial charge in [0.1, 0.15) is 4.90 Å². The van der Waals surface area contributed by atoms with Crippen LogP contribution >= 0.6 is 27.5 Å². The predicted molar refractivity (Wildman–Crippen MR) is 80.8 cm³/mol. The van der Waals surface area contributed by atoms with Gasteiger partial charge >= 0.3 is 0 Å². The normalized spacial score (nSPS) is 11.3. The molecule has 20 heavy (non-hydrogen) atoms. The van der Waals surface area contributed by atoms with Crippen molar-refractivity contribution in [2.24, 2.45) is 0 Å². The van der Waals surface area contributed by atoms with Crippen molar-refractivity contribution in [3.63, 3.8) is 0 Å². The molecule has 3 N–H and O–H groups in total. The third kappa shape index (κ3) is 3.05. The SMILES string of the molecule is Nc1ccc(Br)cc1S(=O)(=O)Nc1cccc(Cl)c1F. The van der Waals surface area contributed by atoms with Crippen LogP contribution in [0, 0.1) is 5.82 Å². The maximum atomic E-state index is 13.7. The average molecular weight is 380 g/mol. The van der Waals surface area contributed by atoms with Crippen molar-refractivity contribution in [3.05, 3.63) is 51.7 Å². The number of halogens is 3. The summed E-state index contributed by atoms with van der Waals surface area (Å²) in [4.78, 5) is -0.147. The molecule has 0 saturated carbocycles. The molecule has 0 saturated heterocycles. The van der Waals surface area contributed by atoms with Crippen molar-refractivity contribution in [1.82, 2.24) is 0 Å². The molecule has 2 aromatic carbocycles. The Morgan fingerprint density at radius 3 is 2.65 bits per heavy atom. The van der Waals surface area contributed by atoms with Crippen LogP contribution in [-0.4, -0.2) is 8.42 Å². The molecule has 0 atom stereocenters. The molecule has 0 radical (unpaired) electrons. The molecule has 0 aromatic heterocycles. The minimum Gasteiger partial charge on any atom is -0.398 e. The van der Waals surface area contributed by atoms with Gasteiger partial charge in [-0.05, 0) is 30.3 Å². The Morgan fingerprint density at radius 2 is 1.95 bits per heavy atom. The Hall–Kier alpha value is -1.31. The van der Waals surface area contributed by atoms with E-state index in [1.807, 2.05) is 0 Å². The molecule has 0 heterocycles. The number of nitrogens with two attached hydrogens (primary N) is 1. The Morgan fingerprint density at radius 1 is 1.25 bits per heavy atom. The van der Waals surface area contributed by atoms with Crippen LogP contribution in [0.1, 0.15) is 0 Å². The third-order valence-electron chi connectivity index (χ3n) is 2.46. The van der Waals surface area contributed by atoms with Gasteiger partial charge in [-0.1, -0.05) is 33.6 Å². The molecule has 2 rings (SSSR count). The first kappa shape index (κ1) is 15.1. The van der Waals surface area contributed by atoms with Crippen LogP contribution in [0.2, 0.25) is 5.02 Å². The molecule has 0 bridgehead atoms. The second kappa shape index (κ2) is 5.59. The molecular formula is C12H9BrClFN2O2S. The van der Waals surface area contributed by atoms with E-state index in [1.54, 1.807) is 6.07 Å². The van der Waals surface area contributed by atoms with Gasteiger partial charge in [0.05, 0.1) is 16.4 Å². The van der Waals surface area contributed by atoms with E-state index < -0.39 is 15.8 Å². The van der Waals surface area contributed by atoms with Crippen LogP contribution in [-0.2, 0) is 10.0 Å². The van der Waals surface area contributed by atoms with E-state index in [-0.39, 0.29) is 21.3 Å². The van der Waals surface area contributed by atoms with Gasteiger partial charge in [0.15, 0.2) is 5.82 Å². The van der Waals surface area contributed by atoms with Gasteiger partial charge in [0.2, 0.25) is 0 Å². The summed E-state index contributed by atoms with van der Waals surface area (Å²) in [7, 11) is -4.01. The highest BCUT2D eigenvalue weighted by atomic mass is 79.9. The Bertz CT molecular complexity index is 768. The van der Waals surface area contributed by atoms with Crippen LogP contribution in [0.25, 0.3) is 0 Å². The second-order valence-corrected chi connectivity index (χ2v) is 6.86. The number of nitrogens with one attached hydrogen (secondary N) is 1. The van der Waals surface area contributed by atoms with Crippen molar-refractivity contribution >= 4 is 48.9 Å². The molecule has 106 valence electrons. The molecule has 0 spiro atoms. The topological polar surface area (TPSA) is 72.2 Å². The van der Waals surface area contributed by atoms with Crippen molar-refractivity contribution in [1.29, 1.82) is 0 Å². The van der Waals surface area contributed by atoms with Gasteiger partial charge in [-0.15, -0.1) is 0 Å². The Labute approximate surface area is 128 Å². The molecule has 0 aliphatic rings. The zero-order chi connectivity index (χ0) is 14.9. The number of benzene rings is 2. The summed E-state index contributed by atoms with van der Waals surface area (Å²) in [5.74, 6) is -0.841. The van der Waals surface area contributed by atoms with Crippen molar-refractivity contribution in [2.75, 3.05) is 10.5 Å². The fourth-order valence-electron chi connectivity index (χ4n) is 1.52. The summed E-state index contributed by atoms with van der Waals surface area (Å²) in [6.07, 6.45) is 0. The minimum absolute atomic E-state index is 0.0585. The zero-order valence-corrected chi connectivity index (χ0v) is 13.1. The Kier molecular flexibility index (Phi) is 4.22. The number of rotatable bonds is 3. The van der Waals surface area contributed by atoms with Crippen LogP contribution in [0.15, 0.2) is 45.8 Å². The maximum absolute atomic E-state index is 13.7. The summed E-state index contributed by atoms with van der Waals surface area (Å²) in [5, 5.41) is -0.174.